The van der Waals surface area contributed by atoms with Crippen molar-refractivity contribution in [2.24, 2.45) is 5.73 Å². The Labute approximate surface area is 159 Å². The molecule has 3 heterocycles. The highest BCUT2D eigenvalue weighted by Gasteiger charge is 2.34. The van der Waals surface area contributed by atoms with E-state index in [1.165, 1.54) is 0 Å². The van der Waals surface area contributed by atoms with E-state index in [-0.39, 0.29) is 30.1 Å². The number of hydrogen-bond donors (Lipinski definition) is 2. The van der Waals surface area contributed by atoms with Gasteiger partial charge in [0.15, 0.2) is 5.69 Å². The molecule has 0 spiro atoms. The first kappa shape index (κ1) is 18.3. The van der Waals surface area contributed by atoms with Crippen molar-refractivity contribution in [1.82, 2.24) is 20.3 Å². The lowest BCUT2D eigenvalue weighted by atomic mass is 9.98. The first-order valence-corrected chi connectivity index (χ1v) is 10.1. The molecular formula is C19H29N5O3. The van der Waals surface area contributed by atoms with Gasteiger partial charge in [0.1, 0.15) is 5.76 Å². The molecule has 0 aromatic carbocycles. The fourth-order valence-corrected chi connectivity index (χ4v) is 4.08. The van der Waals surface area contributed by atoms with Crippen LogP contribution in [-0.2, 0) is 0 Å². The molecule has 8 nitrogen and oxygen atoms in total. The molecule has 1 aromatic heterocycles. The van der Waals surface area contributed by atoms with Crippen LogP contribution in [0.4, 0.5) is 4.79 Å². The number of aromatic nitrogens is 1. The van der Waals surface area contributed by atoms with Gasteiger partial charge in [0, 0.05) is 49.7 Å². The van der Waals surface area contributed by atoms with Gasteiger partial charge in [0.05, 0.1) is 0 Å². The summed E-state index contributed by atoms with van der Waals surface area (Å²) in [6.45, 7) is 4.17. The molecular weight excluding hydrogens is 346 g/mol. The van der Waals surface area contributed by atoms with Gasteiger partial charge in [-0.2, -0.15) is 0 Å². The minimum Gasteiger partial charge on any atom is -0.360 e. The quantitative estimate of drug-likeness (QED) is 0.836. The van der Waals surface area contributed by atoms with Crippen molar-refractivity contribution < 1.29 is 14.1 Å². The fraction of sp³-hybridized carbons (Fsp3) is 0.737. The molecule has 1 saturated carbocycles. The molecule has 148 valence electrons. The van der Waals surface area contributed by atoms with Gasteiger partial charge in [0.25, 0.3) is 5.91 Å². The molecule has 3 N–H and O–H groups in total. The molecule has 1 aliphatic carbocycles. The topological polar surface area (TPSA) is 105 Å². The molecule has 2 saturated heterocycles. The summed E-state index contributed by atoms with van der Waals surface area (Å²) >= 11 is 0. The zero-order chi connectivity index (χ0) is 19.0. The van der Waals surface area contributed by atoms with E-state index in [0.29, 0.717) is 18.2 Å². The smallest absolute Gasteiger partial charge is 0.320 e. The number of amides is 3. The Morgan fingerprint density at radius 2 is 1.93 bits per heavy atom. The molecule has 1 unspecified atom stereocenters. The van der Waals surface area contributed by atoms with E-state index < -0.39 is 0 Å². The van der Waals surface area contributed by atoms with Gasteiger partial charge in [0.2, 0.25) is 0 Å². The van der Waals surface area contributed by atoms with Crippen LogP contribution < -0.4 is 11.1 Å². The molecule has 4 rings (SSSR count). The Kier molecular flexibility index (Phi) is 5.08. The Morgan fingerprint density at radius 3 is 2.59 bits per heavy atom. The van der Waals surface area contributed by atoms with Gasteiger partial charge in [-0.15, -0.1) is 0 Å². The van der Waals surface area contributed by atoms with E-state index in [4.69, 9.17) is 10.3 Å². The third-order valence-corrected chi connectivity index (χ3v) is 6.01. The number of nitrogens with zero attached hydrogens (tertiary/aromatic N) is 3. The second kappa shape index (κ2) is 7.50. The number of carbonyl (C=O) groups excluding carboxylic acids is 2. The summed E-state index contributed by atoms with van der Waals surface area (Å²) in [5.41, 5.74) is 6.29. The Bertz CT molecular complexity index is 693. The minimum atomic E-state index is -0.187. The van der Waals surface area contributed by atoms with Crippen molar-refractivity contribution in [3.63, 3.8) is 0 Å². The number of nitrogens with two attached hydrogens (primary N) is 1. The highest BCUT2D eigenvalue weighted by atomic mass is 16.5. The van der Waals surface area contributed by atoms with E-state index in [1.54, 1.807) is 6.07 Å². The average Bonchev–Trinajstić information content (AvgIpc) is 3.38. The number of likely N-dealkylation sites (tertiary alicyclic amines) is 2. The van der Waals surface area contributed by atoms with E-state index >= 15 is 0 Å². The normalized spacial score (nSPS) is 26.9. The maximum Gasteiger partial charge on any atom is 0.320 e. The number of nitrogens with one attached hydrogen (secondary N) is 1. The Morgan fingerprint density at radius 1 is 1.19 bits per heavy atom. The number of carbonyl (C=O) groups is 2. The van der Waals surface area contributed by atoms with E-state index in [9.17, 15) is 9.59 Å². The van der Waals surface area contributed by atoms with Crippen molar-refractivity contribution in [1.29, 1.82) is 0 Å². The molecule has 3 fully saturated rings. The van der Waals surface area contributed by atoms with Gasteiger partial charge in [-0.3, -0.25) is 4.79 Å². The van der Waals surface area contributed by atoms with E-state index in [0.717, 1.165) is 57.4 Å². The molecule has 27 heavy (non-hydrogen) atoms. The largest absolute Gasteiger partial charge is 0.360 e. The maximum atomic E-state index is 12.8. The summed E-state index contributed by atoms with van der Waals surface area (Å²) in [6, 6.07) is 2.21. The van der Waals surface area contributed by atoms with Crippen molar-refractivity contribution in [3.05, 3.63) is 17.5 Å². The Balaban J connectivity index is 1.28. The lowest BCUT2D eigenvalue weighted by Gasteiger charge is -2.41. The van der Waals surface area contributed by atoms with Gasteiger partial charge in [-0.25, -0.2) is 4.79 Å². The number of piperidine rings is 2. The standard InChI is InChI=1S/C19H29N5O3/c1-12-10-15(21-18(25)16-11-17(27-22-16)13-2-3-13)6-9-24(12)19(26)23-7-4-14(20)5-8-23/h11-15H,2-10,20H2,1H3,(H,21,25)/t12-,15?/m1/s1. The van der Waals surface area contributed by atoms with Gasteiger partial charge < -0.3 is 25.4 Å². The van der Waals surface area contributed by atoms with Crippen LogP contribution in [0.25, 0.3) is 0 Å². The molecule has 8 heteroatoms. The van der Waals surface area contributed by atoms with E-state index in [1.807, 2.05) is 16.7 Å². The lowest BCUT2D eigenvalue weighted by molar-refractivity contribution is 0.0850. The second-order valence-electron chi connectivity index (χ2n) is 8.23. The third kappa shape index (κ3) is 4.10. The van der Waals surface area contributed by atoms with Crippen LogP contribution in [-0.4, -0.2) is 64.7 Å². The minimum absolute atomic E-state index is 0.0485. The number of hydrogen-bond acceptors (Lipinski definition) is 5. The highest BCUT2D eigenvalue weighted by molar-refractivity contribution is 5.92. The molecule has 0 bridgehead atoms. The van der Waals surface area contributed by atoms with Crippen molar-refractivity contribution >= 4 is 11.9 Å². The summed E-state index contributed by atoms with van der Waals surface area (Å²) < 4.78 is 5.27. The average molecular weight is 375 g/mol. The van der Waals surface area contributed by atoms with Crippen molar-refractivity contribution in [2.45, 2.75) is 69.5 Å². The molecule has 2 atom stereocenters. The number of rotatable bonds is 3. The maximum absolute atomic E-state index is 12.8. The van der Waals surface area contributed by atoms with Gasteiger partial charge in [-0.1, -0.05) is 5.16 Å². The second-order valence-corrected chi connectivity index (χ2v) is 8.23. The molecule has 1 aromatic rings. The van der Waals surface area contributed by atoms with Gasteiger partial charge in [-0.05, 0) is 45.4 Å². The van der Waals surface area contributed by atoms with Crippen LogP contribution >= 0.6 is 0 Å². The molecule has 0 radical (unpaired) electrons. The van der Waals surface area contributed by atoms with Crippen LogP contribution in [0.2, 0.25) is 0 Å². The lowest BCUT2D eigenvalue weighted by Crippen LogP contribution is -2.56. The van der Waals surface area contributed by atoms with Crippen LogP contribution in [0, 0.1) is 0 Å². The van der Waals surface area contributed by atoms with Crippen LogP contribution in [0.1, 0.15) is 67.6 Å². The fourth-order valence-electron chi connectivity index (χ4n) is 4.08. The van der Waals surface area contributed by atoms with Gasteiger partial charge >= 0.3 is 6.03 Å². The van der Waals surface area contributed by atoms with Crippen LogP contribution in [0.15, 0.2) is 10.6 Å². The summed E-state index contributed by atoms with van der Waals surface area (Å²) in [5, 5.41) is 6.96. The molecule has 3 amide bonds. The third-order valence-electron chi connectivity index (χ3n) is 6.01. The zero-order valence-corrected chi connectivity index (χ0v) is 15.9. The summed E-state index contributed by atoms with van der Waals surface area (Å²) in [7, 11) is 0. The summed E-state index contributed by atoms with van der Waals surface area (Å²) in [6.07, 6.45) is 5.47. The van der Waals surface area contributed by atoms with E-state index in [2.05, 4.69) is 10.5 Å². The monoisotopic (exact) mass is 375 g/mol. The predicted molar refractivity (Wildman–Crippen MR) is 99.3 cm³/mol. The van der Waals surface area contributed by atoms with Crippen LogP contribution in [0.5, 0.6) is 0 Å². The first-order valence-electron chi connectivity index (χ1n) is 10.1. The zero-order valence-electron chi connectivity index (χ0n) is 15.9. The highest BCUT2D eigenvalue weighted by Crippen LogP contribution is 2.40. The number of urea groups is 1. The van der Waals surface area contributed by atoms with Crippen molar-refractivity contribution in [2.75, 3.05) is 19.6 Å². The van der Waals surface area contributed by atoms with Crippen molar-refractivity contribution in [3.8, 4) is 0 Å². The SMILES string of the molecule is C[C@@H]1CC(NC(=O)c2cc(C3CC3)on2)CCN1C(=O)N1CCC(N)CC1. The summed E-state index contributed by atoms with van der Waals surface area (Å²) in [5.74, 6) is 1.07. The summed E-state index contributed by atoms with van der Waals surface area (Å²) in [4.78, 5) is 29.1. The Hall–Kier alpha value is -2.09. The predicted octanol–water partition coefficient (Wildman–Crippen LogP) is 1.68. The molecule has 2 aliphatic heterocycles. The van der Waals surface area contributed by atoms with Crippen LogP contribution in [0.3, 0.4) is 0 Å². The first-order chi connectivity index (χ1) is 13.0. The molecule has 3 aliphatic rings.